The van der Waals surface area contributed by atoms with Crippen LogP contribution in [0.2, 0.25) is 5.02 Å². The van der Waals surface area contributed by atoms with Crippen LogP contribution >= 0.6 is 23.4 Å². The second-order valence-electron chi connectivity index (χ2n) is 5.36. The molecule has 130 valence electrons. The number of aryl methyl sites for hydroxylation is 2. The lowest BCUT2D eigenvalue weighted by molar-refractivity contribution is -0.113. The molecule has 9 heteroatoms. The number of anilines is 1. The molecule has 0 spiro atoms. The van der Waals surface area contributed by atoms with Crippen molar-refractivity contribution in [2.75, 3.05) is 11.1 Å². The third-order valence-electron chi connectivity index (χ3n) is 3.55. The molecule has 3 aromatic rings. The Morgan fingerprint density at radius 3 is 2.96 bits per heavy atom. The van der Waals surface area contributed by atoms with Gasteiger partial charge in [-0.05, 0) is 31.5 Å². The van der Waals surface area contributed by atoms with E-state index in [0.29, 0.717) is 28.1 Å². The summed E-state index contributed by atoms with van der Waals surface area (Å²) in [5, 5.41) is 3.85. The number of aromatic amines is 1. The van der Waals surface area contributed by atoms with Gasteiger partial charge < -0.3 is 14.9 Å². The molecule has 0 fully saturated rings. The molecule has 0 unspecified atom stereocenters. The van der Waals surface area contributed by atoms with Gasteiger partial charge in [-0.15, -0.1) is 0 Å². The number of thioether (sulfide) groups is 1. The van der Waals surface area contributed by atoms with Crippen molar-refractivity contribution >= 4 is 46.1 Å². The molecule has 0 saturated carbocycles. The van der Waals surface area contributed by atoms with Gasteiger partial charge in [0.1, 0.15) is 0 Å². The van der Waals surface area contributed by atoms with E-state index in [9.17, 15) is 9.59 Å². The zero-order chi connectivity index (χ0) is 18.0. The summed E-state index contributed by atoms with van der Waals surface area (Å²) in [6.45, 7) is 4.46. The van der Waals surface area contributed by atoms with Crippen LogP contribution in [0.3, 0.4) is 0 Å². The highest BCUT2D eigenvalue weighted by Gasteiger charge is 2.15. The maximum absolute atomic E-state index is 12.2. The number of nitrogens with zero attached hydrogens (tertiary/aromatic N) is 3. The molecule has 7 nitrogen and oxygen atoms in total. The molecule has 0 aliphatic heterocycles. The van der Waals surface area contributed by atoms with E-state index >= 15 is 0 Å². The molecule has 0 atom stereocenters. The first-order valence-corrected chi connectivity index (χ1v) is 8.98. The van der Waals surface area contributed by atoms with Crippen molar-refractivity contribution < 1.29 is 4.79 Å². The zero-order valence-corrected chi connectivity index (χ0v) is 15.2. The van der Waals surface area contributed by atoms with Gasteiger partial charge in [0.2, 0.25) is 5.91 Å². The van der Waals surface area contributed by atoms with E-state index in [1.165, 1.54) is 18.1 Å². The van der Waals surface area contributed by atoms with E-state index in [4.69, 9.17) is 11.6 Å². The van der Waals surface area contributed by atoms with Crippen molar-refractivity contribution in [1.82, 2.24) is 19.5 Å². The number of imidazole rings is 1. The number of amides is 1. The quantitative estimate of drug-likeness (QED) is 0.667. The fourth-order valence-electron chi connectivity index (χ4n) is 2.36. The number of hydrogen-bond donors (Lipinski definition) is 2. The Morgan fingerprint density at radius 2 is 2.24 bits per heavy atom. The minimum Gasteiger partial charge on any atom is -0.324 e. The van der Waals surface area contributed by atoms with Crippen LogP contribution in [0.25, 0.3) is 11.2 Å². The van der Waals surface area contributed by atoms with Gasteiger partial charge in [0.15, 0.2) is 16.3 Å². The average Bonchev–Trinajstić information content (AvgIpc) is 2.94. The number of carbonyl (C=O) groups is 1. The van der Waals surface area contributed by atoms with Crippen LogP contribution in [0.1, 0.15) is 12.5 Å². The molecule has 2 heterocycles. The molecular formula is C16H16ClN5O2S. The maximum Gasteiger partial charge on any atom is 0.278 e. The Bertz CT molecular complexity index is 998. The Morgan fingerprint density at radius 1 is 1.44 bits per heavy atom. The SMILES string of the molecule is CCn1c(SCC(=O)Nc2ccc(C)cc2Cl)nc2c(=O)[nH]cnc21. The molecule has 0 aliphatic carbocycles. The predicted molar refractivity (Wildman–Crippen MR) is 99.4 cm³/mol. The number of hydrogen-bond acceptors (Lipinski definition) is 5. The fourth-order valence-corrected chi connectivity index (χ4v) is 3.50. The number of rotatable bonds is 5. The van der Waals surface area contributed by atoms with Crippen molar-refractivity contribution in [2.24, 2.45) is 0 Å². The molecule has 0 radical (unpaired) electrons. The molecule has 3 rings (SSSR count). The monoisotopic (exact) mass is 377 g/mol. The summed E-state index contributed by atoms with van der Waals surface area (Å²) in [5.41, 5.74) is 2.08. The third kappa shape index (κ3) is 3.69. The second kappa shape index (κ2) is 7.28. The van der Waals surface area contributed by atoms with Crippen molar-refractivity contribution in [3.05, 3.63) is 45.5 Å². The van der Waals surface area contributed by atoms with Crippen LogP contribution in [0.15, 0.2) is 34.5 Å². The van der Waals surface area contributed by atoms with E-state index in [1.54, 1.807) is 16.7 Å². The highest BCUT2D eigenvalue weighted by molar-refractivity contribution is 7.99. The lowest BCUT2D eigenvalue weighted by Crippen LogP contribution is -2.15. The maximum atomic E-state index is 12.2. The van der Waals surface area contributed by atoms with E-state index in [1.807, 2.05) is 19.9 Å². The molecular weight excluding hydrogens is 362 g/mol. The van der Waals surface area contributed by atoms with Gasteiger partial charge in [-0.2, -0.15) is 0 Å². The number of H-pyrrole nitrogens is 1. The zero-order valence-electron chi connectivity index (χ0n) is 13.7. The smallest absolute Gasteiger partial charge is 0.278 e. The highest BCUT2D eigenvalue weighted by atomic mass is 35.5. The standard InChI is InChI=1S/C16H16ClN5O2S/c1-3-22-14-13(15(24)19-8-18-14)21-16(22)25-7-12(23)20-11-5-4-9(2)6-10(11)17/h4-6,8H,3,7H2,1-2H3,(H,20,23)(H,18,19,24). The van der Waals surface area contributed by atoms with Gasteiger partial charge in [0, 0.05) is 6.54 Å². The van der Waals surface area contributed by atoms with Crippen molar-refractivity contribution in [2.45, 2.75) is 25.5 Å². The molecule has 25 heavy (non-hydrogen) atoms. The van der Waals surface area contributed by atoms with E-state index in [-0.39, 0.29) is 22.7 Å². The van der Waals surface area contributed by atoms with Gasteiger partial charge in [-0.25, -0.2) is 9.97 Å². The highest BCUT2D eigenvalue weighted by Crippen LogP contribution is 2.24. The normalized spacial score (nSPS) is 11.0. The Balaban J connectivity index is 1.75. The van der Waals surface area contributed by atoms with Gasteiger partial charge in [-0.3, -0.25) is 9.59 Å². The molecule has 0 aliphatic rings. The van der Waals surface area contributed by atoms with Crippen molar-refractivity contribution in [3.8, 4) is 0 Å². The molecule has 1 amide bonds. The Kier molecular flexibility index (Phi) is 5.10. The molecule has 1 aromatic carbocycles. The predicted octanol–water partition coefficient (Wildman–Crippen LogP) is 2.83. The van der Waals surface area contributed by atoms with Crippen LogP contribution < -0.4 is 10.9 Å². The van der Waals surface area contributed by atoms with E-state index < -0.39 is 0 Å². The van der Waals surface area contributed by atoms with Gasteiger partial charge in [0.05, 0.1) is 22.8 Å². The fraction of sp³-hybridized carbons (Fsp3) is 0.250. The molecule has 0 bridgehead atoms. The number of benzene rings is 1. The first-order chi connectivity index (χ1) is 12.0. The minimum atomic E-state index is -0.296. The van der Waals surface area contributed by atoms with Gasteiger partial charge in [-0.1, -0.05) is 29.4 Å². The van der Waals surface area contributed by atoms with Gasteiger partial charge >= 0.3 is 0 Å². The first-order valence-electron chi connectivity index (χ1n) is 7.62. The summed E-state index contributed by atoms with van der Waals surface area (Å²) in [6.07, 6.45) is 1.35. The number of nitrogens with one attached hydrogen (secondary N) is 2. The lowest BCUT2D eigenvalue weighted by atomic mass is 10.2. The summed E-state index contributed by atoms with van der Waals surface area (Å²) in [4.78, 5) is 35.0. The van der Waals surface area contributed by atoms with Crippen molar-refractivity contribution in [1.29, 1.82) is 0 Å². The summed E-state index contributed by atoms with van der Waals surface area (Å²) in [6, 6.07) is 5.44. The van der Waals surface area contributed by atoms with Crippen LogP contribution in [-0.4, -0.2) is 31.2 Å². The van der Waals surface area contributed by atoms with Crippen LogP contribution in [0.4, 0.5) is 5.69 Å². The third-order valence-corrected chi connectivity index (χ3v) is 4.84. The van der Waals surface area contributed by atoms with Gasteiger partial charge in [0.25, 0.3) is 5.56 Å². The largest absolute Gasteiger partial charge is 0.324 e. The molecule has 0 saturated heterocycles. The molecule has 2 aromatic heterocycles. The lowest BCUT2D eigenvalue weighted by Gasteiger charge is -2.08. The Labute approximate surface area is 152 Å². The van der Waals surface area contributed by atoms with Crippen LogP contribution in [0, 0.1) is 6.92 Å². The number of halogens is 1. The molecule has 2 N–H and O–H groups in total. The van der Waals surface area contributed by atoms with Crippen LogP contribution in [-0.2, 0) is 11.3 Å². The number of aromatic nitrogens is 4. The number of carbonyl (C=O) groups excluding carboxylic acids is 1. The Hall–Kier alpha value is -2.32. The minimum absolute atomic E-state index is 0.144. The van der Waals surface area contributed by atoms with E-state index in [2.05, 4.69) is 20.3 Å². The second-order valence-corrected chi connectivity index (χ2v) is 6.71. The number of fused-ring (bicyclic) bond motifs is 1. The van der Waals surface area contributed by atoms with Crippen molar-refractivity contribution in [3.63, 3.8) is 0 Å². The van der Waals surface area contributed by atoms with E-state index in [0.717, 1.165) is 5.56 Å². The summed E-state index contributed by atoms with van der Waals surface area (Å²) in [5.74, 6) is -0.0573. The van der Waals surface area contributed by atoms with Crippen LogP contribution in [0.5, 0.6) is 0 Å². The summed E-state index contributed by atoms with van der Waals surface area (Å²) in [7, 11) is 0. The average molecular weight is 378 g/mol. The summed E-state index contributed by atoms with van der Waals surface area (Å²) >= 11 is 7.37. The topological polar surface area (TPSA) is 92.7 Å². The first kappa shape index (κ1) is 17.5. The summed E-state index contributed by atoms with van der Waals surface area (Å²) < 4.78 is 1.81.